The molecule has 0 aliphatic rings. The minimum Gasteiger partial charge on any atom is -0.371 e. The van der Waals surface area contributed by atoms with Crippen LogP contribution in [0.5, 0.6) is 0 Å². The van der Waals surface area contributed by atoms with Crippen LogP contribution in [0.3, 0.4) is 0 Å². The van der Waals surface area contributed by atoms with Gasteiger partial charge in [0.15, 0.2) is 0 Å². The monoisotopic (exact) mass is 273 g/mol. The zero-order valence-electron chi connectivity index (χ0n) is 12.4. The highest BCUT2D eigenvalue weighted by molar-refractivity contribution is 5.23. The van der Waals surface area contributed by atoms with E-state index in [1.807, 2.05) is 6.07 Å². The fraction of sp³-hybridized carbons (Fsp3) is 0.438. The Morgan fingerprint density at radius 3 is 2.65 bits per heavy atom. The maximum Gasteiger partial charge on any atom is 0.0724 e. The SMILES string of the molecule is CC(C)(C)OCc1cccc(CNCc2ccn[nH]2)c1. The molecule has 1 aromatic carbocycles. The molecular formula is C16H23N3O. The predicted molar refractivity (Wildman–Crippen MR) is 80.1 cm³/mol. The van der Waals surface area contributed by atoms with Gasteiger partial charge in [0.25, 0.3) is 0 Å². The summed E-state index contributed by atoms with van der Waals surface area (Å²) in [4.78, 5) is 0. The lowest BCUT2D eigenvalue weighted by Crippen LogP contribution is -2.18. The van der Waals surface area contributed by atoms with Crippen molar-refractivity contribution in [3.05, 3.63) is 53.3 Å². The molecule has 108 valence electrons. The number of aromatic nitrogens is 2. The van der Waals surface area contributed by atoms with Crippen LogP contribution in [0.1, 0.15) is 37.6 Å². The fourth-order valence-electron chi connectivity index (χ4n) is 1.85. The van der Waals surface area contributed by atoms with Gasteiger partial charge in [0.05, 0.1) is 12.2 Å². The van der Waals surface area contributed by atoms with Crippen molar-refractivity contribution in [2.45, 2.75) is 46.1 Å². The summed E-state index contributed by atoms with van der Waals surface area (Å²) in [5, 5.41) is 10.3. The molecule has 4 heteroatoms. The summed E-state index contributed by atoms with van der Waals surface area (Å²) in [6.07, 6.45) is 1.77. The van der Waals surface area contributed by atoms with Crippen molar-refractivity contribution in [3.8, 4) is 0 Å². The number of benzene rings is 1. The molecule has 0 fully saturated rings. The van der Waals surface area contributed by atoms with Gasteiger partial charge in [-0.25, -0.2) is 0 Å². The molecule has 0 radical (unpaired) electrons. The first-order valence-electron chi connectivity index (χ1n) is 6.94. The normalized spacial score (nSPS) is 11.8. The zero-order valence-corrected chi connectivity index (χ0v) is 12.4. The van der Waals surface area contributed by atoms with Gasteiger partial charge in [0.2, 0.25) is 0 Å². The van der Waals surface area contributed by atoms with Gasteiger partial charge < -0.3 is 10.1 Å². The van der Waals surface area contributed by atoms with E-state index in [1.54, 1.807) is 6.20 Å². The first-order chi connectivity index (χ1) is 9.53. The lowest BCUT2D eigenvalue weighted by Gasteiger charge is -2.19. The average Bonchev–Trinajstić information content (AvgIpc) is 2.89. The van der Waals surface area contributed by atoms with Crippen LogP contribution in [0.15, 0.2) is 36.5 Å². The predicted octanol–water partition coefficient (Wildman–Crippen LogP) is 3.01. The van der Waals surface area contributed by atoms with Gasteiger partial charge in [0, 0.05) is 25.0 Å². The van der Waals surface area contributed by atoms with Crippen LogP contribution < -0.4 is 5.32 Å². The van der Waals surface area contributed by atoms with Gasteiger partial charge in [-0.3, -0.25) is 5.10 Å². The second-order valence-corrected chi connectivity index (χ2v) is 5.91. The van der Waals surface area contributed by atoms with Gasteiger partial charge >= 0.3 is 0 Å². The molecule has 0 bridgehead atoms. The van der Waals surface area contributed by atoms with Crippen molar-refractivity contribution in [2.75, 3.05) is 0 Å². The van der Waals surface area contributed by atoms with Gasteiger partial charge in [-0.2, -0.15) is 5.10 Å². The van der Waals surface area contributed by atoms with Gasteiger partial charge in [-0.1, -0.05) is 24.3 Å². The van der Waals surface area contributed by atoms with E-state index >= 15 is 0 Å². The molecule has 0 aliphatic carbocycles. The van der Waals surface area contributed by atoms with Crippen molar-refractivity contribution in [2.24, 2.45) is 0 Å². The van der Waals surface area contributed by atoms with E-state index in [2.05, 4.69) is 60.6 Å². The summed E-state index contributed by atoms with van der Waals surface area (Å²) >= 11 is 0. The highest BCUT2D eigenvalue weighted by Crippen LogP contribution is 2.13. The van der Waals surface area contributed by atoms with E-state index in [9.17, 15) is 0 Å². The number of nitrogens with one attached hydrogen (secondary N) is 2. The second-order valence-electron chi connectivity index (χ2n) is 5.91. The largest absolute Gasteiger partial charge is 0.371 e. The Bertz CT molecular complexity index is 515. The topological polar surface area (TPSA) is 49.9 Å². The molecule has 4 nitrogen and oxygen atoms in total. The molecule has 0 atom stereocenters. The van der Waals surface area contributed by atoms with Crippen molar-refractivity contribution in [1.29, 1.82) is 0 Å². The van der Waals surface area contributed by atoms with Crippen LogP contribution in [0.25, 0.3) is 0 Å². The maximum absolute atomic E-state index is 5.80. The van der Waals surface area contributed by atoms with Gasteiger partial charge in [-0.05, 0) is 38.0 Å². The number of aromatic amines is 1. The molecule has 2 N–H and O–H groups in total. The Labute approximate surface area is 120 Å². The lowest BCUT2D eigenvalue weighted by molar-refractivity contribution is -0.0149. The lowest BCUT2D eigenvalue weighted by atomic mass is 10.1. The molecule has 0 saturated carbocycles. The number of ether oxygens (including phenoxy) is 1. The van der Waals surface area contributed by atoms with Crippen LogP contribution in [0, 0.1) is 0 Å². The van der Waals surface area contributed by atoms with E-state index < -0.39 is 0 Å². The summed E-state index contributed by atoms with van der Waals surface area (Å²) in [6, 6.07) is 10.5. The average molecular weight is 273 g/mol. The van der Waals surface area contributed by atoms with Crippen molar-refractivity contribution >= 4 is 0 Å². The Morgan fingerprint density at radius 1 is 1.15 bits per heavy atom. The summed E-state index contributed by atoms with van der Waals surface area (Å²) < 4.78 is 5.80. The van der Waals surface area contributed by atoms with E-state index in [0.717, 1.165) is 18.8 Å². The van der Waals surface area contributed by atoms with E-state index in [-0.39, 0.29) is 5.60 Å². The van der Waals surface area contributed by atoms with E-state index in [4.69, 9.17) is 4.74 Å². The molecule has 0 saturated heterocycles. The van der Waals surface area contributed by atoms with Gasteiger partial charge in [0.1, 0.15) is 0 Å². The van der Waals surface area contributed by atoms with Crippen molar-refractivity contribution in [3.63, 3.8) is 0 Å². The number of hydrogen-bond acceptors (Lipinski definition) is 3. The summed E-state index contributed by atoms with van der Waals surface area (Å²) in [7, 11) is 0. The second kappa shape index (κ2) is 6.68. The molecule has 2 rings (SSSR count). The van der Waals surface area contributed by atoms with Crippen LogP contribution >= 0.6 is 0 Å². The number of hydrogen-bond donors (Lipinski definition) is 2. The summed E-state index contributed by atoms with van der Waals surface area (Å²) in [5.74, 6) is 0. The van der Waals surface area contributed by atoms with E-state index in [1.165, 1.54) is 11.1 Å². The number of H-pyrrole nitrogens is 1. The fourth-order valence-corrected chi connectivity index (χ4v) is 1.85. The third-order valence-electron chi connectivity index (χ3n) is 2.87. The first-order valence-corrected chi connectivity index (χ1v) is 6.94. The minimum absolute atomic E-state index is 0.102. The van der Waals surface area contributed by atoms with E-state index in [0.29, 0.717) is 6.61 Å². The third-order valence-corrected chi connectivity index (χ3v) is 2.87. The third kappa shape index (κ3) is 5.15. The standard InChI is InChI=1S/C16H23N3O/c1-16(2,3)20-12-14-6-4-5-13(9-14)10-17-11-15-7-8-18-19-15/h4-9,17H,10-12H2,1-3H3,(H,18,19). The summed E-state index contributed by atoms with van der Waals surface area (Å²) in [6.45, 7) is 8.50. The maximum atomic E-state index is 5.80. The van der Waals surface area contributed by atoms with Crippen molar-refractivity contribution < 1.29 is 4.74 Å². The molecule has 0 amide bonds. The Hall–Kier alpha value is -1.65. The quantitative estimate of drug-likeness (QED) is 0.850. The Balaban J connectivity index is 1.83. The van der Waals surface area contributed by atoms with Crippen LogP contribution in [0.4, 0.5) is 0 Å². The van der Waals surface area contributed by atoms with Crippen LogP contribution in [-0.2, 0) is 24.4 Å². The molecular weight excluding hydrogens is 250 g/mol. The first kappa shape index (κ1) is 14.8. The Morgan fingerprint density at radius 2 is 1.95 bits per heavy atom. The molecule has 0 unspecified atom stereocenters. The zero-order chi connectivity index (χ0) is 14.4. The van der Waals surface area contributed by atoms with Crippen LogP contribution in [-0.4, -0.2) is 15.8 Å². The highest BCUT2D eigenvalue weighted by atomic mass is 16.5. The van der Waals surface area contributed by atoms with Crippen molar-refractivity contribution in [1.82, 2.24) is 15.5 Å². The van der Waals surface area contributed by atoms with Crippen LogP contribution in [0.2, 0.25) is 0 Å². The Kier molecular flexibility index (Phi) is 4.93. The van der Waals surface area contributed by atoms with Gasteiger partial charge in [-0.15, -0.1) is 0 Å². The molecule has 1 aromatic heterocycles. The highest BCUT2D eigenvalue weighted by Gasteiger charge is 2.10. The molecule has 2 aromatic rings. The smallest absolute Gasteiger partial charge is 0.0724 e. The number of rotatable bonds is 6. The minimum atomic E-state index is -0.102. The molecule has 0 aliphatic heterocycles. The molecule has 20 heavy (non-hydrogen) atoms. The number of nitrogens with zero attached hydrogens (tertiary/aromatic N) is 1. The summed E-state index contributed by atoms with van der Waals surface area (Å²) in [5.41, 5.74) is 3.46. The molecule has 0 spiro atoms. The molecule has 1 heterocycles.